The maximum atomic E-state index is 12.9. The van der Waals surface area contributed by atoms with Crippen molar-refractivity contribution in [2.24, 2.45) is 11.8 Å². The van der Waals surface area contributed by atoms with Crippen LogP contribution in [0.25, 0.3) is 0 Å². The van der Waals surface area contributed by atoms with Crippen LogP contribution in [0.4, 0.5) is 0 Å². The number of carbonyl (C=O) groups excluding carboxylic acids is 1. The van der Waals surface area contributed by atoms with Crippen LogP contribution in [-0.2, 0) is 14.8 Å². The summed E-state index contributed by atoms with van der Waals surface area (Å²) in [5, 5.41) is 6.95. The first-order valence-electron chi connectivity index (χ1n) is 10.1. The summed E-state index contributed by atoms with van der Waals surface area (Å²) >= 11 is 0. The standard InChI is InChI=1S/C19H32N4O4S/c1-13-6-5-7-17(14(13)2)20-18(24)12-22-8-10-23(11-9-22)28(25,26)19-15(3)21-27-16(19)4/h13-14,17H,5-12H2,1-4H3,(H,20,24). The molecule has 3 unspecified atom stereocenters. The highest BCUT2D eigenvalue weighted by atomic mass is 32.2. The van der Waals surface area contributed by atoms with Crippen LogP contribution in [0.2, 0.25) is 0 Å². The number of nitrogens with zero attached hydrogens (tertiary/aromatic N) is 3. The molecule has 28 heavy (non-hydrogen) atoms. The van der Waals surface area contributed by atoms with E-state index in [4.69, 9.17) is 4.52 Å². The fourth-order valence-corrected chi connectivity index (χ4v) is 6.05. The first-order valence-corrected chi connectivity index (χ1v) is 11.6. The Labute approximate surface area is 167 Å². The first kappa shape index (κ1) is 21.3. The number of aromatic nitrogens is 1. The molecule has 0 spiro atoms. The lowest BCUT2D eigenvalue weighted by atomic mass is 9.78. The zero-order chi connectivity index (χ0) is 20.5. The van der Waals surface area contributed by atoms with Crippen molar-refractivity contribution in [2.75, 3.05) is 32.7 Å². The molecule has 0 bridgehead atoms. The van der Waals surface area contributed by atoms with E-state index in [1.54, 1.807) is 13.8 Å². The van der Waals surface area contributed by atoms with Gasteiger partial charge in [-0.05, 0) is 32.1 Å². The summed E-state index contributed by atoms with van der Waals surface area (Å²) in [4.78, 5) is 14.7. The number of hydrogen-bond acceptors (Lipinski definition) is 6. The third-order valence-electron chi connectivity index (χ3n) is 6.32. The van der Waals surface area contributed by atoms with Crippen LogP contribution in [0.5, 0.6) is 0 Å². The molecule has 1 saturated heterocycles. The second-order valence-corrected chi connectivity index (χ2v) is 10.1. The number of aryl methyl sites for hydroxylation is 2. The third kappa shape index (κ3) is 4.41. The molecule has 8 nitrogen and oxygen atoms in total. The lowest BCUT2D eigenvalue weighted by molar-refractivity contribution is -0.124. The minimum absolute atomic E-state index is 0.0352. The highest BCUT2D eigenvalue weighted by Gasteiger charge is 2.34. The summed E-state index contributed by atoms with van der Waals surface area (Å²) in [5.41, 5.74) is 0.384. The molecule has 0 aromatic carbocycles. The fraction of sp³-hybridized carbons (Fsp3) is 0.789. The maximum Gasteiger partial charge on any atom is 0.248 e. The van der Waals surface area contributed by atoms with Crippen molar-refractivity contribution < 1.29 is 17.7 Å². The van der Waals surface area contributed by atoms with Gasteiger partial charge in [0, 0.05) is 32.2 Å². The molecule has 3 atom stereocenters. The Morgan fingerprint density at radius 2 is 1.86 bits per heavy atom. The monoisotopic (exact) mass is 412 g/mol. The summed E-state index contributed by atoms with van der Waals surface area (Å²) < 4.78 is 32.2. The van der Waals surface area contributed by atoms with Gasteiger partial charge in [0.25, 0.3) is 0 Å². The van der Waals surface area contributed by atoms with Gasteiger partial charge in [0.2, 0.25) is 15.9 Å². The van der Waals surface area contributed by atoms with Crippen LogP contribution in [0, 0.1) is 25.7 Å². The minimum atomic E-state index is -3.62. The van der Waals surface area contributed by atoms with Gasteiger partial charge in [0.15, 0.2) is 5.76 Å². The highest BCUT2D eigenvalue weighted by Crippen LogP contribution is 2.29. The average Bonchev–Trinajstić information content (AvgIpc) is 2.98. The Balaban J connectivity index is 1.52. The van der Waals surface area contributed by atoms with E-state index in [-0.39, 0.29) is 16.8 Å². The van der Waals surface area contributed by atoms with Gasteiger partial charge in [-0.15, -0.1) is 0 Å². The van der Waals surface area contributed by atoms with E-state index in [2.05, 4.69) is 24.3 Å². The van der Waals surface area contributed by atoms with Crippen LogP contribution in [-0.4, -0.2) is 67.5 Å². The van der Waals surface area contributed by atoms with Gasteiger partial charge in [0.1, 0.15) is 10.6 Å². The Kier molecular flexibility index (Phi) is 6.46. The summed E-state index contributed by atoms with van der Waals surface area (Å²) in [6.07, 6.45) is 3.44. The number of amides is 1. The minimum Gasteiger partial charge on any atom is -0.360 e. The molecule has 1 aliphatic heterocycles. The molecule has 1 saturated carbocycles. The summed E-state index contributed by atoms with van der Waals surface area (Å²) in [6, 6.07) is 0.248. The molecule has 2 fully saturated rings. The molecule has 1 aromatic rings. The van der Waals surface area contributed by atoms with Crippen LogP contribution in [0.3, 0.4) is 0 Å². The zero-order valence-corrected chi connectivity index (χ0v) is 18.1. The Bertz CT molecular complexity index is 779. The van der Waals surface area contributed by atoms with Gasteiger partial charge < -0.3 is 9.84 Å². The predicted octanol–water partition coefficient (Wildman–Crippen LogP) is 1.54. The molecule has 3 rings (SSSR count). The number of carbonyl (C=O) groups is 1. The van der Waals surface area contributed by atoms with Crippen LogP contribution in [0.1, 0.15) is 44.6 Å². The van der Waals surface area contributed by atoms with Gasteiger partial charge in [-0.25, -0.2) is 8.42 Å². The Morgan fingerprint density at radius 3 is 2.46 bits per heavy atom. The molecule has 158 valence electrons. The summed E-state index contributed by atoms with van der Waals surface area (Å²) in [7, 11) is -3.62. The molecule has 1 amide bonds. The second-order valence-electron chi connectivity index (χ2n) is 8.27. The summed E-state index contributed by atoms with van der Waals surface area (Å²) in [6.45, 7) is 9.82. The average molecular weight is 413 g/mol. The SMILES string of the molecule is Cc1noc(C)c1S(=O)(=O)N1CCN(CC(=O)NC2CCCC(C)C2C)CC1. The Morgan fingerprint density at radius 1 is 1.18 bits per heavy atom. The molecule has 0 radical (unpaired) electrons. The van der Waals surface area contributed by atoms with Crippen molar-refractivity contribution in [3.8, 4) is 0 Å². The second kappa shape index (κ2) is 8.51. The van der Waals surface area contributed by atoms with E-state index in [9.17, 15) is 13.2 Å². The molecular formula is C19H32N4O4S. The molecule has 2 aliphatic rings. The van der Waals surface area contributed by atoms with E-state index >= 15 is 0 Å². The number of nitrogens with one attached hydrogen (secondary N) is 1. The van der Waals surface area contributed by atoms with Gasteiger partial charge in [0.05, 0.1) is 6.54 Å². The van der Waals surface area contributed by atoms with Crippen molar-refractivity contribution in [1.29, 1.82) is 0 Å². The van der Waals surface area contributed by atoms with Crippen molar-refractivity contribution in [3.05, 3.63) is 11.5 Å². The maximum absolute atomic E-state index is 12.9. The lowest BCUT2D eigenvalue weighted by Gasteiger charge is -2.36. The number of hydrogen-bond donors (Lipinski definition) is 1. The van der Waals surface area contributed by atoms with Crippen molar-refractivity contribution >= 4 is 15.9 Å². The van der Waals surface area contributed by atoms with Gasteiger partial charge in [-0.2, -0.15) is 4.31 Å². The first-order chi connectivity index (χ1) is 13.2. The zero-order valence-electron chi connectivity index (χ0n) is 17.3. The largest absolute Gasteiger partial charge is 0.360 e. The van der Waals surface area contributed by atoms with E-state index in [0.717, 1.165) is 12.8 Å². The topological polar surface area (TPSA) is 95.8 Å². The highest BCUT2D eigenvalue weighted by molar-refractivity contribution is 7.89. The van der Waals surface area contributed by atoms with Gasteiger partial charge >= 0.3 is 0 Å². The van der Waals surface area contributed by atoms with Crippen molar-refractivity contribution in [1.82, 2.24) is 19.7 Å². The molecular weight excluding hydrogens is 380 g/mol. The number of sulfonamides is 1. The smallest absolute Gasteiger partial charge is 0.248 e. The molecule has 1 aromatic heterocycles. The molecule has 1 N–H and O–H groups in total. The normalized spacial score (nSPS) is 27.6. The van der Waals surface area contributed by atoms with E-state index in [0.29, 0.717) is 56.0 Å². The van der Waals surface area contributed by atoms with Gasteiger partial charge in [-0.3, -0.25) is 9.69 Å². The van der Waals surface area contributed by atoms with Gasteiger partial charge in [-0.1, -0.05) is 31.8 Å². The lowest BCUT2D eigenvalue weighted by Crippen LogP contribution is -2.53. The number of rotatable bonds is 5. The third-order valence-corrected chi connectivity index (χ3v) is 8.46. The summed E-state index contributed by atoms with van der Waals surface area (Å²) in [5.74, 6) is 1.48. The van der Waals surface area contributed by atoms with Crippen LogP contribution >= 0.6 is 0 Å². The van der Waals surface area contributed by atoms with E-state index in [1.165, 1.54) is 10.7 Å². The number of piperazine rings is 1. The van der Waals surface area contributed by atoms with E-state index in [1.807, 2.05) is 4.90 Å². The van der Waals surface area contributed by atoms with Crippen LogP contribution in [0.15, 0.2) is 9.42 Å². The van der Waals surface area contributed by atoms with Crippen molar-refractivity contribution in [3.63, 3.8) is 0 Å². The quantitative estimate of drug-likeness (QED) is 0.788. The van der Waals surface area contributed by atoms with Crippen molar-refractivity contribution in [2.45, 2.75) is 57.9 Å². The Hall–Kier alpha value is -1.45. The van der Waals surface area contributed by atoms with Crippen LogP contribution < -0.4 is 5.32 Å². The van der Waals surface area contributed by atoms with E-state index < -0.39 is 10.0 Å². The molecule has 9 heteroatoms. The molecule has 1 aliphatic carbocycles. The molecule has 2 heterocycles. The predicted molar refractivity (Wildman–Crippen MR) is 105 cm³/mol. The fourth-order valence-electron chi connectivity index (χ4n) is 4.34.